The summed E-state index contributed by atoms with van der Waals surface area (Å²) in [6.45, 7) is 0. The van der Waals surface area contributed by atoms with Crippen LogP contribution >= 0.6 is 27.5 Å². The van der Waals surface area contributed by atoms with Crippen molar-refractivity contribution in [2.75, 3.05) is 0 Å². The van der Waals surface area contributed by atoms with E-state index >= 15 is 0 Å². The average molecular weight is 330 g/mol. The van der Waals surface area contributed by atoms with Gasteiger partial charge in [0.1, 0.15) is 0 Å². The Balaban J connectivity index is 2.39. The van der Waals surface area contributed by atoms with E-state index in [1.807, 2.05) is 0 Å². The molecule has 1 heterocycles. The molecule has 1 aromatic carbocycles. The molecule has 0 spiro atoms. The monoisotopic (exact) mass is 328 g/mol. The Hall–Kier alpha value is -1.66. The maximum atomic E-state index is 10.9. The number of pyridine rings is 1. The third-order valence-electron chi connectivity index (χ3n) is 2.05. The van der Waals surface area contributed by atoms with Crippen LogP contribution in [0.15, 0.2) is 41.0 Å². The minimum atomic E-state index is -0.555. The van der Waals surface area contributed by atoms with Gasteiger partial charge in [-0.15, -0.1) is 0 Å². The maximum absolute atomic E-state index is 10.9. The van der Waals surface area contributed by atoms with Crippen LogP contribution in [-0.2, 0) is 0 Å². The summed E-state index contributed by atoms with van der Waals surface area (Å²) < 4.78 is 6.13. The first kappa shape index (κ1) is 12.8. The third-order valence-corrected chi connectivity index (χ3v) is 2.82. The summed E-state index contributed by atoms with van der Waals surface area (Å²) in [7, 11) is 0. The Morgan fingerprint density at radius 1 is 1.33 bits per heavy atom. The zero-order valence-electron chi connectivity index (χ0n) is 8.84. The third kappa shape index (κ3) is 2.77. The lowest BCUT2D eigenvalue weighted by molar-refractivity contribution is -0.385. The molecule has 0 bridgehead atoms. The molecule has 0 amide bonds. The summed E-state index contributed by atoms with van der Waals surface area (Å²) in [5.41, 5.74) is -0.202. The molecule has 0 aliphatic rings. The second-order valence-corrected chi connectivity index (χ2v) is 4.58. The quantitative estimate of drug-likeness (QED) is 0.625. The number of aromatic nitrogens is 1. The molecule has 2 aromatic rings. The molecule has 0 saturated carbocycles. The molecular formula is C11H6BrClN2O3. The van der Waals surface area contributed by atoms with Crippen LogP contribution in [0.1, 0.15) is 0 Å². The summed E-state index contributed by atoms with van der Waals surface area (Å²) in [6.07, 6.45) is 1.53. The summed E-state index contributed by atoms with van der Waals surface area (Å²) in [4.78, 5) is 14.3. The molecule has 0 saturated heterocycles. The van der Waals surface area contributed by atoms with Gasteiger partial charge in [0.25, 0.3) is 0 Å². The smallest absolute Gasteiger partial charge is 0.313 e. The van der Waals surface area contributed by atoms with Crippen molar-refractivity contribution in [3.8, 4) is 11.6 Å². The maximum Gasteiger partial charge on any atom is 0.313 e. The van der Waals surface area contributed by atoms with E-state index in [1.165, 1.54) is 24.4 Å². The van der Waals surface area contributed by atoms with Crippen LogP contribution in [0, 0.1) is 10.1 Å². The normalized spacial score (nSPS) is 10.1. The lowest BCUT2D eigenvalue weighted by Gasteiger charge is -2.06. The van der Waals surface area contributed by atoms with Crippen LogP contribution in [-0.4, -0.2) is 9.91 Å². The number of hydrogen-bond donors (Lipinski definition) is 0. The van der Waals surface area contributed by atoms with Crippen molar-refractivity contribution in [1.82, 2.24) is 4.98 Å². The fourth-order valence-corrected chi connectivity index (χ4v) is 1.71. The minimum Gasteiger partial charge on any atom is -0.430 e. The molecule has 0 fully saturated rings. The Morgan fingerprint density at radius 2 is 2.11 bits per heavy atom. The molecule has 0 N–H and O–H groups in total. The van der Waals surface area contributed by atoms with Crippen LogP contribution in [0.2, 0.25) is 5.02 Å². The second kappa shape index (κ2) is 5.32. The highest BCUT2D eigenvalue weighted by Crippen LogP contribution is 2.37. The van der Waals surface area contributed by atoms with Crippen molar-refractivity contribution in [2.24, 2.45) is 0 Å². The van der Waals surface area contributed by atoms with Crippen molar-refractivity contribution in [2.45, 2.75) is 0 Å². The molecule has 1 aromatic heterocycles. The molecular weight excluding hydrogens is 323 g/mol. The Labute approximate surface area is 116 Å². The SMILES string of the molecule is O=[N+]([O-])c1cccc(Cl)c1Oc1ccc(Br)cn1. The fourth-order valence-electron chi connectivity index (χ4n) is 1.27. The van der Waals surface area contributed by atoms with Gasteiger partial charge in [-0.2, -0.15) is 0 Å². The lowest BCUT2D eigenvalue weighted by atomic mass is 10.3. The molecule has 18 heavy (non-hydrogen) atoms. The van der Waals surface area contributed by atoms with Crippen molar-refractivity contribution >= 4 is 33.2 Å². The number of rotatable bonds is 3. The second-order valence-electron chi connectivity index (χ2n) is 3.26. The molecule has 0 atom stereocenters. The van der Waals surface area contributed by atoms with Gasteiger partial charge in [0.2, 0.25) is 11.6 Å². The van der Waals surface area contributed by atoms with Gasteiger partial charge in [-0.1, -0.05) is 17.7 Å². The van der Waals surface area contributed by atoms with Crippen molar-refractivity contribution in [3.05, 3.63) is 56.1 Å². The van der Waals surface area contributed by atoms with E-state index in [2.05, 4.69) is 20.9 Å². The van der Waals surface area contributed by atoms with E-state index in [0.717, 1.165) is 4.47 Å². The van der Waals surface area contributed by atoms with Gasteiger partial charge in [0, 0.05) is 22.8 Å². The van der Waals surface area contributed by atoms with Crippen molar-refractivity contribution in [1.29, 1.82) is 0 Å². The van der Waals surface area contributed by atoms with E-state index in [1.54, 1.807) is 12.1 Å². The first-order chi connectivity index (χ1) is 8.58. The molecule has 92 valence electrons. The van der Waals surface area contributed by atoms with Crippen LogP contribution in [0.25, 0.3) is 0 Å². The van der Waals surface area contributed by atoms with Crippen LogP contribution in [0.5, 0.6) is 11.6 Å². The predicted octanol–water partition coefficient (Wildman–Crippen LogP) is 4.20. The lowest BCUT2D eigenvalue weighted by Crippen LogP contribution is -1.95. The van der Waals surface area contributed by atoms with Gasteiger partial charge in [0.15, 0.2) is 0 Å². The van der Waals surface area contributed by atoms with E-state index < -0.39 is 4.92 Å². The molecule has 0 aliphatic heterocycles. The Kier molecular flexibility index (Phi) is 3.78. The van der Waals surface area contributed by atoms with Gasteiger partial charge in [-0.05, 0) is 28.1 Å². The van der Waals surface area contributed by atoms with E-state index in [9.17, 15) is 10.1 Å². The number of para-hydroxylation sites is 1. The Bertz CT molecular complexity index is 589. The van der Waals surface area contributed by atoms with E-state index in [0.29, 0.717) is 0 Å². The van der Waals surface area contributed by atoms with Crippen LogP contribution < -0.4 is 4.74 Å². The fraction of sp³-hybridized carbons (Fsp3) is 0. The van der Waals surface area contributed by atoms with Crippen LogP contribution in [0.3, 0.4) is 0 Å². The number of halogens is 2. The standard InChI is InChI=1S/C11H6BrClN2O3/c12-7-4-5-10(14-6-7)18-11-8(13)2-1-3-9(11)15(16)17/h1-6H. The number of nitro groups is 1. The van der Waals surface area contributed by atoms with Gasteiger partial charge in [0.05, 0.1) is 9.95 Å². The first-order valence-electron chi connectivity index (χ1n) is 4.80. The number of nitro benzene ring substituents is 1. The molecule has 0 aliphatic carbocycles. The highest BCUT2D eigenvalue weighted by atomic mass is 79.9. The van der Waals surface area contributed by atoms with Crippen LogP contribution in [0.4, 0.5) is 5.69 Å². The molecule has 2 rings (SSSR count). The Morgan fingerprint density at radius 3 is 2.72 bits per heavy atom. The highest BCUT2D eigenvalue weighted by Gasteiger charge is 2.19. The summed E-state index contributed by atoms with van der Waals surface area (Å²) in [5.74, 6) is 0.216. The number of nitrogens with zero attached hydrogens (tertiary/aromatic N) is 2. The van der Waals surface area contributed by atoms with Crippen molar-refractivity contribution < 1.29 is 9.66 Å². The summed E-state index contributed by atoms with van der Waals surface area (Å²) in [6, 6.07) is 7.62. The largest absolute Gasteiger partial charge is 0.430 e. The summed E-state index contributed by atoms with van der Waals surface area (Å²) >= 11 is 9.12. The van der Waals surface area contributed by atoms with E-state index in [-0.39, 0.29) is 22.3 Å². The number of ether oxygens (including phenoxy) is 1. The van der Waals surface area contributed by atoms with Gasteiger partial charge < -0.3 is 4.74 Å². The van der Waals surface area contributed by atoms with Gasteiger partial charge in [-0.3, -0.25) is 10.1 Å². The molecule has 7 heteroatoms. The van der Waals surface area contributed by atoms with Crippen molar-refractivity contribution in [3.63, 3.8) is 0 Å². The molecule has 0 radical (unpaired) electrons. The highest BCUT2D eigenvalue weighted by molar-refractivity contribution is 9.10. The summed E-state index contributed by atoms with van der Waals surface area (Å²) in [5, 5.41) is 11.0. The van der Waals surface area contributed by atoms with Gasteiger partial charge >= 0.3 is 5.69 Å². The number of benzene rings is 1. The zero-order valence-corrected chi connectivity index (χ0v) is 11.2. The van der Waals surface area contributed by atoms with Gasteiger partial charge in [-0.25, -0.2) is 4.98 Å². The average Bonchev–Trinajstić information content (AvgIpc) is 2.34. The zero-order chi connectivity index (χ0) is 13.1. The number of hydrogen-bond acceptors (Lipinski definition) is 4. The molecule has 0 unspecified atom stereocenters. The van der Waals surface area contributed by atoms with E-state index in [4.69, 9.17) is 16.3 Å². The topological polar surface area (TPSA) is 65.3 Å². The molecule has 5 nitrogen and oxygen atoms in total. The predicted molar refractivity (Wildman–Crippen MR) is 70.1 cm³/mol. The minimum absolute atomic E-state index is 0.0148. The first-order valence-corrected chi connectivity index (χ1v) is 5.97.